The first-order chi connectivity index (χ1) is 18.4. The molecule has 1 heterocycles. The number of aromatic nitrogens is 2. The van der Waals surface area contributed by atoms with Crippen molar-refractivity contribution >= 4 is 34.0 Å². The SMILES string of the molecule is O=C(NNc1ccc([N+](=O)[O-])cc1[N+](=O)[O-])c1ccc2nc(-c3ccccc3)c(-c3ccccc3)nc2c1. The first-order valence-corrected chi connectivity index (χ1v) is 11.3. The van der Waals surface area contributed by atoms with E-state index in [-0.39, 0.29) is 11.3 Å². The quantitative estimate of drug-likeness (QED) is 0.216. The van der Waals surface area contributed by atoms with Crippen molar-refractivity contribution in [3.05, 3.63) is 123 Å². The molecule has 1 amide bonds. The minimum Gasteiger partial charge on any atom is -0.292 e. The molecule has 0 bridgehead atoms. The fourth-order valence-electron chi connectivity index (χ4n) is 3.88. The van der Waals surface area contributed by atoms with Crippen molar-refractivity contribution in [3.63, 3.8) is 0 Å². The van der Waals surface area contributed by atoms with Crippen molar-refractivity contribution in [1.29, 1.82) is 0 Å². The van der Waals surface area contributed by atoms with Crippen LogP contribution < -0.4 is 10.9 Å². The molecule has 0 saturated heterocycles. The molecule has 0 atom stereocenters. The number of anilines is 1. The number of nitro groups is 2. The highest BCUT2D eigenvalue weighted by Gasteiger charge is 2.20. The van der Waals surface area contributed by atoms with E-state index in [1.165, 1.54) is 0 Å². The maximum atomic E-state index is 12.9. The molecular weight excluding hydrogens is 488 g/mol. The van der Waals surface area contributed by atoms with E-state index in [1.54, 1.807) is 18.2 Å². The Morgan fingerprint density at radius 3 is 1.87 bits per heavy atom. The van der Waals surface area contributed by atoms with Gasteiger partial charge in [-0.1, -0.05) is 60.7 Å². The molecule has 5 aromatic rings. The Balaban J connectivity index is 1.47. The maximum absolute atomic E-state index is 12.9. The maximum Gasteiger partial charge on any atom is 0.300 e. The van der Waals surface area contributed by atoms with Crippen molar-refractivity contribution < 1.29 is 14.6 Å². The molecule has 38 heavy (non-hydrogen) atoms. The number of nitrogens with zero attached hydrogens (tertiary/aromatic N) is 4. The zero-order valence-corrected chi connectivity index (χ0v) is 19.6. The van der Waals surface area contributed by atoms with Crippen molar-refractivity contribution in [2.75, 3.05) is 5.43 Å². The first kappa shape index (κ1) is 24.0. The van der Waals surface area contributed by atoms with Gasteiger partial charge in [0.25, 0.3) is 11.6 Å². The number of nitro benzene ring substituents is 2. The topological polar surface area (TPSA) is 153 Å². The fourth-order valence-corrected chi connectivity index (χ4v) is 3.88. The highest BCUT2D eigenvalue weighted by Crippen LogP contribution is 2.31. The number of hydrogen-bond acceptors (Lipinski definition) is 8. The molecule has 0 radical (unpaired) electrons. The monoisotopic (exact) mass is 506 g/mol. The molecule has 4 aromatic carbocycles. The van der Waals surface area contributed by atoms with Crippen LogP contribution >= 0.6 is 0 Å². The molecule has 0 aliphatic rings. The van der Waals surface area contributed by atoms with Crippen LogP contribution in [0, 0.1) is 20.2 Å². The Kier molecular flexibility index (Phi) is 6.39. The van der Waals surface area contributed by atoms with Crippen LogP contribution in [0.15, 0.2) is 97.1 Å². The van der Waals surface area contributed by atoms with Gasteiger partial charge in [-0.2, -0.15) is 0 Å². The van der Waals surface area contributed by atoms with E-state index < -0.39 is 27.1 Å². The van der Waals surface area contributed by atoms with E-state index in [0.29, 0.717) is 22.4 Å². The van der Waals surface area contributed by atoms with Gasteiger partial charge >= 0.3 is 5.69 Å². The summed E-state index contributed by atoms with van der Waals surface area (Å²) in [6.07, 6.45) is 0. The normalized spacial score (nSPS) is 10.6. The number of rotatable bonds is 7. The van der Waals surface area contributed by atoms with Crippen LogP contribution in [-0.2, 0) is 0 Å². The van der Waals surface area contributed by atoms with E-state index in [9.17, 15) is 25.0 Å². The minimum atomic E-state index is -0.775. The van der Waals surface area contributed by atoms with Crippen molar-refractivity contribution in [2.24, 2.45) is 0 Å². The summed E-state index contributed by atoms with van der Waals surface area (Å²) >= 11 is 0. The minimum absolute atomic E-state index is 0.103. The lowest BCUT2D eigenvalue weighted by atomic mass is 10.0. The summed E-state index contributed by atoms with van der Waals surface area (Å²) in [5, 5.41) is 22.3. The fraction of sp³-hybridized carbons (Fsp3) is 0. The Bertz CT molecular complexity index is 1690. The molecule has 1 aromatic heterocycles. The summed E-state index contributed by atoms with van der Waals surface area (Å²) in [5.74, 6) is -0.588. The van der Waals surface area contributed by atoms with Crippen molar-refractivity contribution in [3.8, 4) is 22.5 Å². The number of non-ortho nitro benzene ring substituents is 1. The first-order valence-electron chi connectivity index (χ1n) is 11.3. The standard InChI is InChI=1S/C27H18N6O5/c34-27(31-30-22-14-12-20(32(35)36)16-24(22)33(37)38)19-11-13-21-23(15-19)29-26(18-9-5-2-6-10-18)25(28-21)17-7-3-1-4-8-17/h1-16,30H,(H,31,34). The summed E-state index contributed by atoms with van der Waals surface area (Å²) in [4.78, 5) is 43.3. The van der Waals surface area contributed by atoms with E-state index in [4.69, 9.17) is 9.97 Å². The second-order valence-electron chi connectivity index (χ2n) is 8.15. The Labute approximate surface area is 215 Å². The van der Waals surface area contributed by atoms with Gasteiger partial charge in [0.2, 0.25) is 0 Å². The number of carbonyl (C=O) groups is 1. The third-order valence-corrected chi connectivity index (χ3v) is 5.72. The van der Waals surface area contributed by atoms with Gasteiger partial charge in [-0.15, -0.1) is 0 Å². The van der Waals surface area contributed by atoms with Crippen molar-refractivity contribution in [1.82, 2.24) is 15.4 Å². The predicted molar refractivity (Wildman–Crippen MR) is 141 cm³/mol. The molecule has 0 aliphatic heterocycles. The van der Waals surface area contributed by atoms with Gasteiger partial charge in [0.05, 0.1) is 38.3 Å². The third-order valence-electron chi connectivity index (χ3n) is 5.72. The van der Waals surface area contributed by atoms with Crippen LogP contribution in [0.2, 0.25) is 0 Å². The van der Waals surface area contributed by atoms with Crippen LogP contribution in [0.25, 0.3) is 33.5 Å². The second-order valence-corrected chi connectivity index (χ2v) is 8.15. The van der Waals surface area contributed by atoms with Crippen LogP contribution in [0.5, 0.6) is 0 Å². The van der Waals surface area contributed by atoms with E-state index in [1.807, 2.05) is 60.7 Å². The number of benzene rings is 4. The number of nitrogens with one attached hydrogen (secondary N) is 2. The molecule has 5 rings (SSSR count). The van der Waals surface area contributed by atoms with Gasteiger partial charge < -0.3 is 0 Å². The average Bonchev–Trinajstić information content (AvgIpc) is 2.95. The molecule has 11 heteroatoms. The number of fused-ring (bicyclic) bond motifs is 1. The van der Waals surface area contributed by atoms with E-state index >= 15 is 0 Å². The van der Waals surface area contributed by atoms with Gasteiger partial charge in [-0.3, -0.25) is 35.9 Å². The lowest BCUT2D eigenvalue weighted by molar-refractivity contribution is -0.393. The second kappa shape index (κ2) is 10.1. The number of carbonyl (C=O) groups excluding carboxylic acids is 1. The molecule has 0 spiro atoms. The number of hydrazine groups is 1. The van der Waals surface area contributed by atoms with Crippen LogP contribution in [0.4, 0.5) is 17.1 Å². The van der Waals surface area contributed by atoms with Gasteiger partial charge in [0, 0.05) is 22.8 Å². The molecule has 11 nitrogen and oxygen atoms in total. The summed E-state index contributed by atoms with van der Waals surface area (Å²) in [5.41, 5.74) is 8.20. The summed E-state index contributed by atoms with van der Waals surface area (Å²) < 4.78 is 0. The molecule has 0 fully saturated rings. The zero-order valence-electron chi connectivity index (χ0n) is 19.6. The Morgan fingerprint density at radius 2 is 1.29 bits per heavy atom. The molecular formula is C27H18N6O5. The van der Waals surface area contributed by atoms with Gasteiger partial charge in [-0.05, 0) is 24.3 Å². The average molecular weight is 506 g/mol. The number of amides is 1. The van der Waals surface area contributed by atoms with Gasteiger partial charge in [0.15, 0.2) is 0 Å². The van der Waals surface area contributed by atoms with Crippen LogP contribution in [-0.4, -0.2) is 25.7 Å². The Morgan fingerprint density at radius 1 is 0.684 bits per heavy atom. The predicted octanol–water partition coefficient (Wildman–Crippen LogP) is 5.54. The smallest absolute Gasteiger partial charge is 0.292 e. The highest BCUT2D eigenvalue weighted by molar-refractivity contribution is 5.98. The molecule has 0 saturated carbocycles. The third kappa shape index (κ3) is 4.84. The molecule has 186 valence electrons. The van der Waals surface area contributed by atoms with Crippen LogP contribution in [0.3, 0.4) is 0 Å². The Hall–Kier alpha value is -5.71. The molecule has 2 N–H and O–H groups in total. The van der Waals surface area contributed by atoms with Crippen LogP contribution in [0.1, 0.15) is 10.4 Å². The van der Waals surface area contributed by atoms with E-state index in [2.05, 4.69) is 10.9 Å². The van der Waals surface area contributed by atoms with Gasteiger partial charge in [-0.25, -0.2) is 9.97 Å². The highest BCUT2D eigenvalue weighted by atomic mass is 16.6. The number of hydrogen-bond donors (Lipinski definition) is 2. The van der Waals surface area contributed by atoms with E-state index in [0.717, 1.165) is 29.3 Å². The lowest BCUT2D eigenvalue weighted by Gasteiger charge is -2.12. The largest absolute Gasteiger partial charge is 0.300 e. The summed E-state index contributed by atoms with van der Waals surface area (Å²) in [7, 11) is 0. The molecule has 0 aliphatic carbocycles. The summed E-state index contributed by atoms with van der Waals surface area (Å²) in [6.45, 7) is 0. The van der Waals surface area contributed by atoms with Gasteiger partial charge in [0.1, 0.15) is 5.69 Å². The molecule has 0 unspecified atom stereocenters. The lowest BCUT2D eigenvalue weighted by Crippen LogP contribution is -2.29. The van der Waals surface area contributed by atoms with Crippen molar-refractivity contribution in [2.45, 2.75) is 0 Å². The summed E-state index contributed by atoms with van der Waals surface area (Å²) in [6, 6.07) is 27.1. The zero-order chi connectivity index (χ0) is 26.6.